The molecule has 0 bridgehead atoms. The molecule has 1 amide bonds. The number of benzene rings is 2. The summed E-state index contributed by atoms with van der Waals surface area (Å²) in [6.45, 7) is 1.97. The average Bonchev–Trinajstić information content (AvgIpc) is 2.74. The Balaban J connectivity index is 1.47. The Labute approximate surface area is 177 Å². The Morgan fingerprint density at radius 3 is 2.26 bits per heavy atom. The van der Waals surface area contributed by atoms with Crippen LogP contribution in [0.15, 0.2) is 53.4 Å². The van der Waals surface area contributed by atoms with E-state index < -0.39 is 33.5 Å². The number of hydrogen-bond acceptors (Lipinski definition) is 4. The van der Waals surface area contributed by atoms with E-state index in [0.29, 0.717) is 19.6 Å². The van der Waals surface area contributed by atoms with Gasteiger partial charge in [0.2, 0.25) is 10.0 Å². The minimum Gasteiger partial charge on any atom is -0.351 e. The van der Waals surface area contributed by atoms with Gasteiger partial charge in [0, 0.05) is 44.8 Å². The molecule has 0 spiro atoms. The predicted molar refractivity (Wildman–Crippen MR) is 105 cm³/mol. The van der Waals surface area contributed by atoms with Crippen LogP contribution in [0.2, 0.25) is 0 Å². The molecule has 2 aromatic rings. The second kappa shape index (κ2) is 9.33. The van der Waals surface area contributed by atoms with Crippen LogP contribution in [-0.4, -0.2) is 62.8 Å². The van der Waals surface area contributed by atoms with Gasteiger partial charge >= 0.3 is 6.18 Å². The van der Waals surface area contributed by atoms with Crippen LogP contribution in [-0.2, 0) is 16.2 Å². The van der Waals surface area contributed by atoms with Gasteiger partial charge in [0.1, 0.15) is 5.82 Å². The fraction of sp³-hybridized carbons (Fsp3) is 0.350. The van der Waals surface area contributed by atoms with Gasteiger partial charge < -0.3 is 5.32 Å². The minimum absolute atomic E-state index is 0.0238. The number of hydrogen-bond donors (Lipinski definition) is 1. The summed E-state index contributed by atoms with van der Waals surface area (Å²) in [7, 11) is -3.71. The predicted octanol–water partition coefficient (Wildman–Crippen LogP) is 2.58. The Hall–Kier alpha value is -2.50. The lowest BCUT2D eigenvalue weighted by Gasteiger charge is -2.33. The molecule has 0 atom stereocenters. The first-order valence-electron chi connectivity index (χ1n) is 9.51. The monoisotopic (exact) mass is 459 g/mol. The molecule has 1 heterocycles. The molecule has 0 unspecified atom stereocenters. The largest absolute Gasteiger partial charge is 0.416 e. The van der Waals surface area contributed by atoms with E-state index >= 15 is 0 Å². The Kier molecular flexibility index (Phi) is 6.97. The number of alkyl halides is 3. The van der Waals surface area contributed by atoms with Gasteiger partial charge in [0.15, 0.2) is 0 Å². The summed E-state index contributed by atoms with van der Waals surface area (Å²) in [5.74, 6) is -1.13. The lowest BCUT2D eigenvalue weighted by Crippen LogP contribution is -2.50. The minimum atomic E-state index is -4.52. The topological polar surface area (TPSA) is 69.7 Å². The van der Waals surface area contributed by atoms with Gasteiger partial charge in [0.25, 0.3) is 5.91 Å². The van der Waals surface area contributed by atoms with Crippen LogP contribution in [0.3, 0.4) is 0 Å². The third-order valence-corrected chi connectivity index (χ3v) is 6.86. The number of piperazine rings is 1. The van der Waals surface area contributed by atoms with E-state index in [0.717, 1.165) is 24.3 Å². The van der Waals surface area contributed by atoms with Crippen molar-refractivity contribution in [3.05, 3.63) is 65.5 Å². The summed E-state index contributed by atoms with van der Waals surface area (Å²) < 4.78 is 77.9. The van der Waals surface area contributed by atoms with Crippen LogP contribution in [0.1, 0.15) is 15.9 Å². The molecule has 1 N–H and O–H groups in total. The molecule has 168 valence electrons. The lowest BCUT2D eigenvalue weighted by atomic mass is 10.1. The molecule has 3 rings (SSSR count). The van der Waals surface area contributed by atoms with Crippen molar-refractivity contribution in [2.24, 2.45) is 0 Å². The number of halogens is 4. The summed E-state index contributed by atoms with van der Waals surface area (Å²) >= 11 is 0. The SMILES string of the molecule is O=C(NCCN1CCN(S(=O)(=O)c2ccc(F)cc2)CC1)c1cccc(C(F)(F)F)c1. The standard InChI is InChI=1S/C20H21F4N3O3S/c21-17-4-6-18(7-5-17)31(29,30)27-12-10-26(11-13-27)9-8-25-19(28)15-2-1-3-16(14-15)20(22,23)24/h1-7,14H,8-13H2,(H,25,28). The maximum absolute atomic E-state index is 13.0. The van der Waals surface area contributed by atoms with Crippen molar-refractivity contribution < 1.29 is 30.8 Å². The van der Waals surface area contributed by atoms with Gasteiger partial charge in [-0.15, -0.1) is 0 Å². The summed E-state index contributed by atoms with van der Waals surface area (Å²) in [6.07, 6.45) is -4.52. The Morgan fingerprint density at radius 2 is 1.65 bits per heavy atom. The first kappa shape index (κ1) is 23.2. The number of nitrogens with one attached hydrogen (secondary N) is 1. The van der Waals surface area contributed by atoms with Crippen LogP contribution in [0.5, 0.6) is 0 Å². The van der Waals surface area contributed by atoms with Crippen LogP contribution in [0.4, 0.5) is 17.6 Å². The molecule has 1 fully saturated rings. The highest BCUT2D eigenvalue weighted by Crippen LogP contribution is 2.29. The molecular weight excluding hydrogens is 438 g/mol. The molecular formula is C20H21F4N3O3S. The number of carbonyl (C=O) groups excluding carboxylic acids is 1. The first-order valence-corrected chi connectivity index (χ1v) is 10.9. The molecule has 0 aromatic heterocycles. The smallest absolute Gasteiger partial charge is 0.351 e. The molecule has 31 heavy (non-hydrogen) atoms. The van der Waals surface area contributed by atoms with Crippen molar-refractivity contribution in [3.63, 3.8) is 0 Å². The molecule has 6 nitrogen and oxygen atoms in total. The molecule has 1 aliphatic rings. The van der Waals surface area contributed by atoms with E-state index in [-0.39, 0.29) is 30.1 Å². The third-order valence-electron chi connectivity index (χ3n) is 4.95. The number of amides is 1. The summed E-state index contributed by atoms with van der Waals surface area (Å²) in [5, 5.41) is 2.58. The molecule has 0 saturated carbocycles. The van der Waals surface area contributed by atoms with Crippen molar-refractivity contribution in [1.29, 1.82) is 0 Å². The second-order valence-electron chi connectivity index (χ2n) is 7.03. The summed E-state index contributed by atoms with van der Waals surface area (Å²) in [6, 6.07) is 8.82. The molecule has 1 saturated heterocycles. The highest BCUT2D eigenvalue weighted by molar-refractivity contribution is 7.89. The fourth-order valence-corrected chi connectivity index (χ4v) is 4.64. The van der Waals surface area contributed by atoms with Crippen LogP contribution in [0, 0.1) is 5.82 Å². The number of carbonyl (C=O) groups is 1. The first-order chi connectivity index (χ1) is 14.6. The van der Waals surface area contributed by atoms with E-state index in [1.165, 1.54) is 28.6 Å². The van der Waals surface area contributed by atoms with Crippen LogP contribution in [0.25, 0.3) is 0 Å². The van der Waals surface area contributed by atoms with E-state index in [4.69, 9.17) is 0 Å². The zero-order valence-corrected chi connectivity index (χ0v) is 17.2. The van der Waals surface area contributed by atoms with E-state index in [9.17, 15) is 30.8 Å². The highest BCUT2D eigenvalue weighted by Gasteiger charge is 2.31. The van der Waals surface area contributed by atoms with Crippen molar-refractivity contribution in [1.82, 2.24) is 14.5 Å². The lowest BCUT2D eigenvalue weighted by molar-refractivity contribution is -0.137. The van der Waals surface area contributed by atoms with Gasteiger partial charge in [-0.3, -0.25) is 9.69 Å². The van der Waals surface area contributed by atoms with Gasteiger partial charge in [0.05, 0.1) is 10.5 Å². The van der Waals surface area contributed by atoms with Gasteiger partial charge in [-0.2, -0.15) is 17.5 Å². The van der Waals surface area contributed by atoms with Crippen molar-refractivity contribution in [2.45, 2.75) is 11.1 Å². The molecule has 1 aliphatic heterocycles. The van der Waals surface area contributed by atoms with Crippen molar-refractivity contribution >= 4 is 15.9 Å². The number of sulfonamides is 1. The Morgan fingerprint density at radius 1 is 1.00 bits per heavy atom. The quantitative estimate of drug-likeness (QED) is 0.675. The number of nitrogens with zero attached hydrogens (tertiary/aromatic N) is 2. The zero-order chi connectivity index (χ0) is 22.6. The van der Waals surface area contributed by atoms with Crippen molar-refractivity contribution in [2.75, 3.05) is 39.3 Å². The summed E-state index contributed by atoms with van der Waals surface area (Å²) in [5.41, 5.74) is -0.969. The normalized spacial score (nSPS) is 16.3. The second-order valence-corrected chi connectivity index (χ2v) is 8.97. The van der Waals surface area contributed by atoms with Crippen LogP contribution >= 0.6 is 0 Å². The third kappa shape index (κ3) is 5.81. The summed E-state index contributed by atoms with van der Waals surface area (Å²) in [4.78, 5) is 14.1. The van der Waals surface area contributed by atoms with E-state index in [1.807, 2.05) is 4.90 Å². The zero-order valence-electron chi connectivity index (χ0n) is 16.4. The molecule has 0 radical (unpaired) electrons. The van der Waals surface area contributed by atoms with Crippen LogP contribution < -0.4 is 5.32 Å². The molecule has 11 heteroatoms. The molecule has 2 aromatic carbocycles. The number of rotatable bonds is 6. The highest BCUT2D eigenvalue weighted by atomic mass is 32.2. The molecule has 0 aliphatic carbocycles. The van der Waals surface area contributed by atoms with Gasteiger partial charge in [-0.1, -0.05) is 6.07 Å². The average molecular weight is 459 g/mol. The van der Waals surface area contributed by atoms with E-state index in [2.05, 4.69) is 5.32 Å². The van der Waals surface area contributed by atoms with Gasteiger partial charge in [-0.05, 0) is 42.5 Å². The van der Waals surface area contributed by atoms with E-state index in [1.54, 1.807) is 0 Å². The fourth-order valence-electron chi connectivity index (χ4n) is 3.22. The maximum atomic E-state index is 13.0. The maximum Gasteiger partial charge on any atom is 0.416 e. The Bertz CT molecular complexity index is 1020. The van der Waals surface area contributed by atoms with Crippen molar-refractivity contribution in [3.8, 4) is 0 Å². The van der Waals surface area contributed by atoms with Gasteiger partial charge in [-0.25, -0.2) is 12.8 Å².